The van der Waals surface area contributed by atoms with E-state index in [9.17, 15) is 18.3 Å². The molecule has 1 aliphatic heterocycles. The zero-order valence-corrected chi connectivity index (χ0v) is 21.1. The maximum atomic E-state index is 13.4. The van der Waals surface area contributed by atoms with Crippen LogP contribution in [0.5, 0.6) is 5.75 Å². The molecule has 3 atom stereocenters. The molecular weight excluding hydrogens is 442 g/mol. The average Bonchev–Trinajstić information content (AvgIpc) is 2.75. The highest BCUT2D eigenvalue weighted by Gasteiger charge is 2.35. The number of carbonyl (C=O) groups is 1. The van der Waals surface area contributed by atoms with Gasteiger partial charge in [-0.15, -0.1) is 0 Å². The number of anilines is 1. The number of nitrogens with one attached hydrogen (secondary N) is 1. The van der Waals surface area contributed by atoms with Crippen LogP contribution in [0.25, 0.3) is 0 Å². The number of rotatable bonds is 8. The number of aliphatic hydroxyl groups is 1. The Morgan fingerprint density at radius 3 is 2.58 bits per heavy atom. The summed E-state index contributed by atoms with van der Waals surface area (Å²) in [5, 5.41) is 9.78. The second-order valence-electron chi connectivity index (χ2n) is 9.90. The van der Waals surface area contributed by atoms with Gasteiger partial charge in [0, 0.05) is 25.6 Å². The summed E-state index contributed by atoms with van der Waals surface area (Å²) in [6, 6.07) is 4.55. The summed E-state index contributed by atoms with van der Waals surface area (Å²) in [5.41, 5.74) is 0.560. The molecule has 0 spiro atoms. The first-order valence-electron chi connectivity index (χ1n) is 12.0. The van der Waals surface area contributed by atoms with Crippen molar-refractivity contribution < 1.29 is 23.1 Å². The van der Waals surface area contributed by atoms with Gasteiger partial charge in [0.2, 0.25) is 10.0 Å². The van der Waals surface area contributed by atoms with Crippen LogP contribution in [-0.4, -0.2) is 80.9 Å². The molecular formula is C24H39N3O5S. The fraction of sp³-hybridized carbons (Fsp3) is 0.708. The minimum Gasteiger partial charge on any atom is -0.486 e. The van der Waals surface area contributed by atoms with Gasteiger partial charge in [0.05, 0.1) is 30.2 Å². The van der Waals surface area contributed by atoms with E-state index < -0.39 is 10.0 Å². The van der Waals surface area contributed by atoms with Gasteiger partial charge in [-0.3, -0.25) is 9.52 Å². The number of para-hydroxylation sites is 1. The number of fused-ring (bicyclic) bond motifs is 1. The fourth-order valence-corrected chi connectivity index (χ4v) is 5.49. The third-order valence-corrected chi connectivity index (χ3v) is 7.36. The van der Waals surface area contributed by atoms with E-state index in [1.807, 2.05) is 13.8 Å². The van der Waals surface area contributed by atoms with Crippen LogP contribution in [0.3, 0.4) is 0 Å². The number of sulfonamides is 1. The van der Waals surface area contributed by atoms with Crippen LogP contribution in [0.1, 0.15) is 56.3 Å². The average molecular weight is 482 g/mol. The topological polar surface area (TPSA) is 99.2 Å². The van der Waals surface area contributed by atoms with Gasteiger partial charge in [-0.2, -0.15) is 0 Å². The van der Waals surface area contributed by atoms with Crippen molar-refractivity contribution in [2.75, 3.05) is 44.3 Å². The van der Waals surface area contributed by atoms with E-state index in [0.29, 0.717) is 24.6 Å². The highest BCUT2D eigenvalue weighted by atomic mass is 32.2. The SMILES string of the molecule is C[C@@H]1CN([C@@H](C)CO)C(=O)c2cccc(NS(C)(=O)=O)c2O[C@H]1CN(C)CC1CCCCC1. The first-order valence-corrected chi connectivity index (χ1v) is 13.9. The normalized spacial score (nSPS) is 23.5. The maximum absolute atomic E-state index is 13.4. The Labute approximate surface area is 198 Å². The van der Waals surface area contributed by atoms with Crippen LogP contribution < -0.4 is 9.46 Å². The summed E-state index contributed by atoms with van der Waals surface area (Å²) < 4.78 is 32.9. The molecule has 9 heteroatoms. The van der Waals surface area contributed by atoms with Gasteiger partial charge in [0.1, 0.15) is 6.10 Å². The van der Waals surface area contributed by atoms with Crippen molar-refractivity contribution in [1.29, 1.82) is 0 Å². The Morgan fingerprint density at radius 1 is 1.24 bits per heavy atom. The lowest BCUT2D eigenvalue weighted by Crippen LogP contribution is -2.50. The van der Waals surface area contributed by atoms with E-state index in [1.54, 1.807) is 23.1 Å². The molecule has 1 aromatic rings. The molecule has 0 saturated heterocycles. The molecule has 0 aromatic heterocycles. The number of carbonyl (C=O) groups excluding carboxylic acids is 1. The van der Waals surface area contributed by atoms with Gasteiger partial charge >= 0.3 is 0 Å². The van der Waals surface area contributed by atoms with Crippen molar-refractivity contribution in [3.63, 3.8) is 0 Å². The predicted molar refractivity (Wildman–Crippen MR) is 130 cm³/mol. The number of amides is 1. The van der Waals surface area contributed by atoms with E-state index in [4.69, 9.17) is 4.74 Å². The standard InChI is InChI=1S/C24H39N3O5S/c1-17-13-27(18(2)16-28)24(29)20-11-8-12-21(25-33(4,30)31)23(20)32-22(17)15-26(3)14-19-9-6-5-7-10-19/h8,11-12,17-19,22,25,28H,5-7,9-10,13-16H2,1-4H3/t17-,18+,22+/m1/s1. The number of aliphatic hydroxyl groups excluding tert-OH is 1. The van der Waals surface area contributed by atoms with Crippen molar-refractivity contribution in [1.82, 2.24) is 9.80 Å². The van der Waals surface area contributed by atoms with Crippen LogP contribution in [0.15, 0.2) is 18.2 Å². The highest BCUT2D eigenvalue weighted by molar-refractivity contribution is 7.92. The molecule has 8 nitrogen and oxygen atoms in total. The van der Waals surface area contributed by atoms with E-state index in [1.165, 1.54) is 32.1 Å². The van der Waals surface area contributed by atoms with Gasteiger partial charge in [-0.05, 0) is 44.9 Å². The van der Waals surface area contributed by atoms with Gasteiger partial charge in [0.25, 0.3) is 5.91 Å². The molecule has 0 unspecified atom stereocenters. The summed E-state index contributed by atoms with van der Waals surface area (Å²) in [5.74, 6) is 0.654. The Morgan fingerprint density at radius 2 is 1.94 bits per heavy atom. The molecule has 33 heavy (non-hydrogen) atoms. The number of benzene rings is 1. The van der Waals surface area contributed by atoms with E-state index in [-0.39, 0.29) is 42.0 Å². The summed E-state index contributed by atoms with van der Waals surface area (Å²) >= 11 is 0. The zero-order valence-electron chi connectivity index (χ0n) is 20.3. The quantitative estimate of drug-likeness (QED) is 0.592. The molecule has 1 heterocycles. The van der Waals surface area contributed by atoms with Gasteiger partial charge in [-0.1, -0.05) is 32.3 Å². The van der Waals surface area contributed by atoms with Gasteiger partial charge in [-0.25, -0.2) is 8.42 Å². The third kappa shape index (κ3) is 6.83. The van der Waals surface area contributed by atoms with Crippen LogP contribution >= 0.6 is 0 Å². The molecule has 1 aliphatic carbocycles. The lowest BCUT2D eigenvalue weighted by molar-refractivity contribution is 0.0333. The van der Waals surface area contributed by atoms with Gasteiger partial charge in [0.15, 0.2) is 5.75 Å². The van der Waals surface area contributed by atoms with Crippen molar-refractivity contribution in [3.8, 4) is 5.75 Å². The third-order valence-electron chi connectivity index (χ3n) is 6.77. The van der Waals surface area contributed by atoms with Crippen LogP contribution in [-0.2, 0) is 10.0 Å². The predicted octanol–water partition coefficient (Wildman–Crippen LogP) is 2.79. The Bertz CT molecular complexity index is 917. The van der Waals surface area contributed by atoms with Crippen LogP contribution in [0.2, 0.25) is 0 Å². The molecule has 1 fully saturated rings. The van der Waals surface area contributed by atoms with Gasteiger partial charge < -0.3 is 19.6 Å². The smallest absolute Gasteiger partial charge is 0.258 e. The number of hydrogen-bond acceptors (Lipinski definition) is 6. The fourth-order valence-electron chi connectivity index (χ4n) is 4.93. The van der Waals surface area contributed by atoms with Crippen molar-refractivity contribution in [2.24, 2.45) is 11.8 Å². The Kier molecular flexibility index (Phi) is 8.64. The molecule has 0 radical (unpaired) electrons. The highest BCUT2D eigenvalue weighted by Crippen LogP contribution is 2.35. The molecule has 3 rings (SSSR count). The monoisotopic (exact) mass is 481 g/mol. The van der Waals surface area contributed by atoms with E-state index >= 15 is 0 Å². The largest absolute Gasteiger partial charge is 0.486 e. The minimum absolute atomic E-state index is 0.0174. The molecule has 1 aromatic carbocycles. The van der Waals surface area contributed by atoms with E-state index in [0.717, 1.165) is 12.8 Å². The first kappa shape index (κ1) is 25.8. The molecule has 2 N–H and O–H groups in total. The van der Waals surface area contributed by atoms with E-state index in [2.05, 4.69) is 16.7 Å². The molecule has 186 valence electrons. The summed E-state index contributed by atoms with van der Waals surface area (Å²) in [6.45, 7) is 5.82. The zero-order chi connectivity index (χ0) is 24.2. The number of nitrogens with zero attached hydrogens (tertiary/aromatic N) is 2. The second kappa shape index (κ2) is 11.1. The number of hydrogen-bond donors (Lipinski definition) is 2. The molecule has 2 aliphatic rings. The van der Waals surface area contributed by atoms with Crippen molar-refractivity contribution in [3.05, 3.63) is 23.8 Å². The molecule has 1 saturated carbocycles. The first-order chi connectivity index (χ1) is 15.6. The Hall–Kier alpha value is -1.84. The lowest BCUT2D eigenvalue weighted by atomic mass is 9.89. The Balaban J connectivity index is 1.92. The minimum atomic E-state index is -3.56. The van der Waals surface area contributed by atoms with Crippen molar-refractivity contribution >= 4 is 21.6 Å². The summed E-state index contributed by atoms with van der Waals surface area (Å²) in [7, 11) is -1.46. The molecule has 1 amide bonds. The number of likely N-dealkylation sites (N-methyl/N-ethyl adjacent to an activating group) is 1. The number of ether oxygens (including phenoxy) is 1. The van der Waals surface area contributed by atoms with Crippen LogP contribution in [0, 0.1) is 11.8 Å². The molecule has 0 bridgehead atoms. The second-order valence-corrected chi connectivity index (χ2v) is 11.7. The maximum Gasteiger partial charge on any atom is 0.258 e. The summed E-state index contributed by atoms with van der Waals surface area (Å²) in [6.07, 6.45) is 7.25. The summed E-state index contributed by atoms with van der Waals surface area (Å²) in [4.78, 5) is 17.4. The van der Waals surface area contributed by atoms with Crippen LogP contribution in [0.4, 0.5) is 5.69 Å². The van der Waals surface area contributed by atoms with Crippen molar-refractivity contribution in [2.45, 2.75) is 58.1 Å². The lowest BCUT2D eigenvalue weighted by Gasteiger charge is -2.39.